The van der Waals surface area contributed by atoms with Crippen LogP contribution in [0, 0.1) is 0 Å². The van der Waals surface area contributed by atoms with E-state index in [9.17, 15) is 4.79 Å². The van der Waals surface area contributed by atoms with Gasteiger partial charge in [-0.2, -0.15) is 0 Å². The number of thiophene rings is 1. The van der Waals surface area contributed by atoms with Gasteiger partial charge in [0.2, 0.25) is 0 Å². The number of nitrogens with one attached hydrogen (secondary N) is 1. The van der Waals surface area contributed by atoms with Crippen molar-refractivity contribution < 1.29 is 4.79 Å². The van der Waals surface area contributed by atoms with Gasteiger partial charge in [-0.15, -0.1) is 11.3 Å². The van der Waals surface area contributed by atoms with Gasteiger partial charge in [0.25, 0.3) is 0 Å². The third kappa shape index (κ3) is 2.04. The number of fused-ring (bicyclic) bond motifs is 1. The number of carbonyl (C=O) groups is 1. The van der Waals surface area contributed by atoms with Gasteiger partial charge in [-0.1, -0.05) is 30.3 Å². The van der Waals surface area contributed by atoms with Crippen LogP contribution in [0.4, 0.5) is 0 Å². The summed E-state index contributed by atoms with van der Waals surface area (Å²) in [6, 6.07) is 12.1. The Hall–Kier alpha value is -1.45. The first-order valence-electron chi connectivity index (χ1n) is 5.72. The molecule has 86 valence electrons. The Kier molecular flexibility index (Phi) is 2.79. The minimum absolute atomic E-state index is 0.0662. The summed E-state index contributed by atoms with van der Waals surface area (Å²) >= 11 is 1.52. The molecule has 0 saturated heterocycles. The van der Waals surface area contributed by atoms with Crippen molar-refractivity contribution in [1.82, 2.24) is 5.32 Å². The second-order valence-corrected chi connectivity index (χ2v) is 5.20. The fourth-order valence-corrected chi connectivity index (χ4v) is 2.95. The van der Waals surface area contributed by atoms with Crippen molar-refractivity contribution in [2.24, 2.45) is 0 Å². The number of carbonyl (C=O) groups excluding carboxylic acids is 1. The molecule has 3 heteroatoms. The molecule has 1 aromatic heterocycles. The van der Waals surface area contributed by atoms with Gasteiger partial charge in [-0.3, -0.25) is 4.79 Å². The van der Waals surface area contributed by atoms with Crippen molar-refractivity contribution >= 4 is 17.1 Å². The number of hydrogen-bond acceptors (Lipinski definition) is 3. The maximum atomic E-state index is 12.2. The number of rotatable bonds is 2. The average Bonchev–Trinajstić information content (AvgIpc) is 2.91. The summed E-state index contributed by atoms with van der Waals surface area (Å²) < 4.78 is 0. The van der Waals surface area contributed by atoms with E-state index in [1.54, 1.807) is 0 Å². The van der Waals surface area contributed by atoms with Crippen LogP contribution in [0.1, 0.15) is 20.8 Å². The van der Waals surface area contributed by atoms with E-state index in [0.717, 1.165) is 17.8 Å². The van der Waals surface area contributed by atoms with E-state index in [0.29, 0.717) is 0 Å². The molecule has 0 fully saturated rings. The smallest absolute Gasteiger partial charge is 0.189 e. The molecule has 1 unspecified atom stereocenters. The molecule has 1 aliphatic rings. The van der Waals surface area contributed by atoms with Crippen LogP contribution in [0.15, 0.2) is 41.8 Å². The molecule has 0 saturated carbocycles. The van der Waals surface area contributed by atoms with E-state index in [4.69, 9.17) is 0 Å². The molecule has 3 rings (SSSR count). The van der Waals surface area contributed by atoms with Crippen molar-refractivity contribution in [2.45, 2.75) is 19.0 Å². The Morgan fingerprint density at radius 2 is 2.00 bits per heavy atom. The van der Waals surface area contributed by atoms with Gasteiger partial charge in [-0.25, -0.2) is 0 Å². The van der Waals surface area contributed by atoms with Crippen LogP contribution in [-0.4, -0.2) is 11.8 Å². The lowest BCUT2D eigenvalue weighted by molar-refractivity contribution is 0.0942. The fraction of sp³-hybridized carbons (Fsp3) is 0.214. The highest BCUT2D eigenvalue weighted by Crippen LogP contribution is 2.20. The average molecular weight is 243 g/mol. The van der Waals surface area contributed by atoms with Crippen LogP contribution in [0.2, 0.25) is 0 Å². The van der Waals surface area contributed by atoms with Crippen molar-refractivity contribution in [3.05, 3.63) is 57.8 Å². The lowest BCUT2D eigenvalue weighted by Crippen LogP contribution is -2.41. The molecule has 1 aliphatic heterocycles. The van der Waals surface area contributed by atoms with Gasteiger partial charge in [0, 0.05) is 6.54 Å². The lowest BCUT2D eigenvalue weighted by atomic mass is 9.93. The van der Waals surface area contributed by atoms with E-state index in [1.165, 1.54) is 22.5 Å². The van der Waals surface area contributed by atoms with Crippen LogP contribution in [0.25, 0.3) is 0 Å². The van der Waals surface area contributed by atoms with Gasteiger partial charge in [0.15, 0.2) is 5.78 Å². The second-order valence-electron chi connectivity index (χ2n) is 4.25. The highest BCUT2D eigenvalue weighted by molar-refractivity contribution is 7.12. The SMILES string of the molecule is O=C(c1cccs1)C1Cc2ccccc2CN1. The first-order valence-corrected chi connectivity index (χ1v) is 6.60. The zero-order chi connectivity index (χ0) is 11.7. The number of benzene rings is 1. The molecule has 0 amide bonds. The molecule has 1 aromatic carbocycles. The lowest BCUT2D eigenvalue weighted by Gasteiger charge is -2.24. The highest BCUT2D eigenvalue weighted by atomic mass is 32.1. The Bertz CT molecular complexity index is 533. The van der Waals surface area contributed by atoms with Gasteiger partial charge >= 0.3 is 0 Å². The molecule has 1 atom stereocenters. The molecule has 2 aromatic rings. The van der Waals surface area contributed by atoms with E-state index in [2.05, 4.69) is 17.4 Å². The van der Waals surface area contributed by atoms with Crippen molar-refractivity contribution in [3.63, 3.8) is 0 Å². The topological polar surface area (TPSA) is 29.1 Å². The molecule has 0 bridgehead atoms. The molecular formula is C14H13NOS. The molecule has 2 nitrogen and oxygen atoms in total. The predicted molar refractivity (Wildman–Crippen MR) is 69.4 cm³/mol. The Morgan fingerprint density at radius 3 is 2.76 bits per heavy atom. The summed E-state index contributed by atoms with van der Waals surface area (Å²) in [4.78, 5) is 13.1. The highest BCUT2D eigenvalue weighted by Gasteiger charge is 2.25. The minimum atomic E-state index is -0.0662. The third-order valence-electron chi connectivity index (χ3n) is 3.16. The number of Topliss-reactive ketones (excluding diaryl/α,β-unsaturated/α-hetero) is 1. The number of hydrogen-bond donors (Lipinski definition) is 1. The molecule has 0 spiro atoms. The van der Waals surface area contributed by atoms with Crippen molar-refractivity contribution in [1.29, 1.82) is 0 Å². The van der Waals surface area contributed by atoms with Crippen LogP contribution < -0.4 is 5.32 Å². The maximum Gasteiger partial charge on any atom is 0.189 e. The third-order valence-corrected chi connectivity index (χ3v) is 4.05. The monoisotopic (exact) mass is 243 g/mol. The second kappa shape index (κ2) is 4.43. The van der Waals surface area contributed by atoms with Crippen LogP contribution in [-0.2, 0) is 13.0 Å². The fourth-order valence-electron chi connectivity index (χ4n) is 2.23. The standard InChI is InChI=1S/C14H13NOS/c16-14(13-6-3-7-17-13)12-8-10-4-1-2-5-11(10)9-15-12/h1-7,12,15H,8-9H2. The van der Waals surface area contributed by atoms with E-state index < -0.39 is 0 Å². The largest absolute Gasteiger partial charge is 0.303 e. The Labute approximate surface area is 104 Å². The Morgan fingerprint density at radius 1 is 1.18 bits per heavy atom. The predicted octanol–water partition coefficient (Wildman–Crippen LogP) is 2.65. The van der Waals surface area contributed by atoms with Crippen molar-refractivity contribution in [3.8, 4) is 0 Å². The molecule has 17 heavy (non-hydrogen) atoms. The summed E-state index contributed by atoms with van der Waals surface area (Å²) in [7, 11) is 0. The summed E-state index contributed by atoms with van der Waals surface area (Å²) in [5.74, 6) is 0.217. The molecule has 0 aliphatic carbocycles. The van der Waals surface area contributed by atoms with Gasteiger partial charge < -0.3 is 5.32 Å². The first kappa shape index (κ1) is 10.7. The normalized spacial score (nSPS) is 18.7. The zero-order valence-electron chi connectivity index (χ0n) is 9.35. The quantitative estimate of drug-likeness (QED) is 0.822. The van der Waals surface area contributed by atoms with Crippen molar-refractivity contribution in [2.75, 3.05) is 0 Å². The first-order chi connectivity index (χ1) is 8.34. The summed E-state index contributed by atoms with van der Waals surface area (Å²) in [5, 5.41) is 5.27. The van der Waals surface area contributed by atoms with Gasteiger partial charge in [0.1, 0.15) is 0 Å². The van der Waals surface area contributed by atoms with E-state index in [-0.39, 0.29) is 11.8 Å². The van der Waals surface area contributed by atoms with Crippen LogP contribution in [0.3, 0.4) is 0 Å². The number of ketones is 1. The zero-order valence-corrected chi connectivity index (χ0v) is 10.2. The van der Waals surface area contributed by atoms with E-state index in [1.807, 2.05) is 29.6 Å². The Balaban J connectivity index is 1.83. The summed E-state index contributed by atoms with van der Waals surface area (Å²) in [6.45, 7) is 0.790. The maximum absolute atomic E-state index is 12.2. The molecule has 0 radical (unpaired) electrons. The molecule has 2 heterocycles. The summed E-state index contributed by atoms with van der Waals surface area (Å²) in [5.41, 5.74) is 2.60. The van der Waals surface area contributed by atoms with Gasteiger partial charge in [0.05, 0.1) is 10.9 Å². The van der Waals surface area contributed by atoms with Crippen LogP contribution >= 0.6 is 11.3 Å². The van der Waals surface area contributed by atoms with E-state index >= 15 is 0 Å². The molecular weight excluding hydrogens is 230 g/mol. The summed E-state index contributed by atoms with van der Waals surface area (Å²) in [6.07, 6.45) is 0.799. The van der Waals surface area contributed by atoms with Gasteiger partial charge in [-0.05, 0) is 29.0 Å². The molecule has 1 N–H and O–H groups in total. The van der Waals surface area contributed by atoms with Crippen LogP contribution in [0.5, 0.6) is 0 Å². The minimum Gasteiger partial charge on any atom is -0.303 e.